The van der Waals surface area contributed by atoms with Crippen LogP contribution in [0.5, 0.6) is 0 Å². The van der Waals surface area contributed by atoms with Crippen LogP contribution in [0.3, 0.4) is 0 Å². The van der Waals surface area contributed by atoms with Crippen LogP contribution in [-0.2, 0) is 0 Å². The highest BCUT2D eigenvalue weighted by molar-refractivity contribution is 5.23. The molecule has 1 saturated carbocycles. The van der Waals surface area contributed by atoms with E-state index in [-0.39, 0.29) is 0 Å². The van der Waals surface area contributed by atoms with E-state index in [1.807, 2.05) is 0 Å². The molecular formula is C13H17N. The van der Waals surface area contributed by atoms with Crippen LogP contribution in [0.25, 0.3) is 0 Å². The second kappa shape index (κ2) is 3.39. The summed E-state index contributed by atoms with van der Waals surface area (Å²) in [6.45, 7) is 2.41. The second-order valence-electron chi connectivity index (χ2n) is 4.67. The molecule has 0 aromatic heterocycles. The van der Waals surface area contributed by atoms with E-state index >= 15 is 0 Å². The highest BCUT2D eigenvalue weighted by Gasteiger charge is 2.43. The van der Waals surface area contributed by atoms with E-state index in [1.165, 1.54) is 31.5 Å². The summed E-state index contributed by atoms with van der Waals surface area (Å²) in [4.78, 5) is 0. The van der Waals surface area contributed by atoms with Gasteiger partial charge < -0.3 is 5.32 Å². The molecule has 0 radical (unpaired) electrons. The lowest BCUT2D eigenvalue weighted by Gasteiger charge is -2.15. The van der Waals surface area contributed by atoms with E-state index in [2.05, 4.69) is 35.6 Å². The fraction of sp³-hybridized carbons (Fsp3) is 0.538. The lowest BCUT2D eigenvalue weighted by atomic mass is 9.93. The van der Waals surface area contributed by atoms with E-state index < -0.39 is 0 Å². The Balaban J connectivity index is 1.83. The zero-order chi connectivity index (χ0) is 9.38. The van der Waals surface area contributed by atoms with Crippen molar-refractivity contribution in [1.29, 1.82) is 0 Å². The summed E-state index contributed by atoms with van der Waals surface area (Å²) in [6.07, 6.45) is 2.87. The van der Waals surface area contributed by atoms with Gasteiger partial charge in [0.15, 0.2) is 0 Å². The third kappa shape index (κ3) is 1.46. The van der Waals surface area contributed by atoms with Gasteiger partial charge in [0.2, 0.25) is 0 Å². The van der Waals surface area contributed by atoms with Crippen molar-refractivity contribution < 1.29 is 0 Å². The Hall–Kier alpha value is -0.820. The number of rotatable bonds is 1. The van der Waals surface area contributed by atoms with Crippen molar-refractivity contribution in [2.75, 3.05) is 13.1 Å². The Morgan fingerprint density at radius 1 is 1.14 bits per heavy atom. The smallest absolute Gasteiger partial charge is 0.00229 e. The molecule has 2 fully saturated rings. The molecule has 1 saturated heterocycles. The summed E-state index contributed by atoms with van der Waals surface area (Å²) in [5, 5.41) is 3.56. The molecular weight excluding hydrogens is 170 g/mol. The van der Waals surface area contributed by atoms with Crippen molar-refractivity contribution in [2.45, 2.75) is 18.8 Å². The van der Waals surface area contributed by atoms with Crippen LogP contribution < -0.4 is 5.32 Å². The molecule has 0 amide bonds. The van der Waals surface area contributed by atoms with Crippen molar-refractivity contribution in [2.24, 2.45) is 11.8 Å². The first-order valence-corrected chi connectivity index (χ1v) is 5.71. The predicted molar refractivity (Wildman–Crippen MR) is 58.3 cm³/mol. The minimum Gasteiger partial charge on any atom is -0.316 e. The van der Waals surface area contributed by atoms with E-state index in [9.17, 15) is 0 Å². The van der Waals surface area contributed by atoms with Crippen LogP contribution in [0.15, 0.2) is 30.3 Å². The third-order valence-electron chi connectivity index (χ3n) is 3.78. The van der Waals surface area contributed by atoms with Gasteiger partial charge in [-0.25, -0.2) is 0 Å². The lowest BCUT2D eigenvalue weighted by Crippen LogP contribution is -2.21. The van der Waals surface area contributed by atoms with Crippen LogP contribution >= 0.6 is 0 Å². The molecule has 0 bridgehead atoms. The van der Waals surface area contributed by atoms with Gasteiger partial charge in [0.05, 0.1) is 0 Å². The summed E-state index contributed by atoms with van der Waals surface area (Å²) in [6, 6.07) is 11.0. The maximum Gasteiger partial charge on any atom is 0.00229 e. The van der Waals surface area contributed by atoms with Gasteiger partial charge in [-0.2, -0.15) is 0 Å². The predicted octanol–water partition coefficient (Wildman–Crippen LogP) is 2.40. The summed E-state index contributed by atoms with van der Waals surface area (Å²) < 4.78 is 0. The third-order valence-corrected chi connectivity index (χ3v) is 3.78. The molecule has 2 aliphatic rings. The first-order chi connectivity index (χ1) is 6.95. The average Bonchev–Trinajstić information content (AvgIpc) is 2.97. The summed E-state index contributed by atoms with van der Waals surface area (Å²) in [7, 11) is 0. The van der Waals surface area contributed by atoms with Gasteiger partial charge in [0, 0.05) is 6.54 Å². The molecule has 14 heavy (non-hydrogen) atoms. The molecule has 1 aliphatic carbocycles. The number of benzene rings is 1. The SMILES string of the molecule is c1ccc(C2CNCCC3CC32)cc1. The Morgan fingerprint density at radius 2 is 2.00 bits per heavy atom. The molecule has 3 atom stereocenters. The van der Waals surface area contributed by atoms with Gasteiger partial charge in [0.25, 0.3) is 0 Å². The molecule has 0 spiro atoms. The normalized spacial score (nSPS) is 35.9. The van der Waals surface area contributed by atoms with Gasteiger partial charge in [-0.1, -0.05) is 30.3 Å². The Kier molecular flexibility index (Phi) is 2.06. The summed E-state index contributed by atoms with van der Waals surface area (Å²) in [5.41, 5.74) is 1.54. The largest absolute Gasteiger partial charge is 0.316 e. The molecule has 1 heteroatoms. The maximum absolute atomic E-state index is 3.56. The number of hydrogen-bond donors (Lipinski definition) is 1. The van der Waals surface area contributed by atoms with Crippen molar-refractivity contribution in [3.05, 3.63) is 35.9 Å². The van der Waals surface area contributed by atoms with Crippen molar-refractivity contribution in [3.8, 4) is 0 Å². The number of hydrogen-bond acceptors (Lipinski definition) is 1. The van der Waals surface area contributed by atoms with Crippen LogP contribution in [0.2, 0.25) is 0 Å². The fourth-order valence-corrected chi connectivity index (χ4v) is 2.86. The van der Waals surface area contributed by atoms with Crippen LogP contribution in [-0.4, -0.2) is 13.1 Å². The zero-order valence-corrected chi connectivity index (χ0v) is 8.45. The van der Waals surface area contributed by atoms with Crippen molar-refractivity contribution >= 4 is 0 Å². The Labute approximate surface area is 85.5 Å². The minimum atomic E-state index is 0.781. The van der Waals surface area contributed by atoms with Gasteiger partial charge in [0.1, 0.15) is 0 Å². The quantitative estimate of drug-likeness (QED) is 0.712. The second-order valence-corrected chi connectivity index (χ2v) is 4.67. The number of fused-ring (bicyclic) bond motifs is 1. The van der Waals surface area contributed by atoms with E-state index in [4.69, 9.17) is 0 Å². The fourth-order valence-electron chi connectivity index (χ4n) is 2.86. The maximum atomic E-state index is 3.56. The molecule has 1 N–H and O–H groups in total. The van der Waals surface area contributed by atoms with E-state index in [0.717, 1.165) is 17.8 Å². The van der Waals surface area contributed by atoms with Gasteiger partial charge in [-0.3, -0.25) is 0 Å². The van der Waals surface area contributed by atoms with E-state index in [1.54, 1.807) is 0 Å². The standard InChI is InChI=1S/C13H17N/c1-2-4-10(5-3-1)13-9-14-7-6-11-8-12(11)13/h1-5,11-14H,6-9H2. The van der Waals surface area contributed by atoms with Crippen LogP contribution in [0, 0.1) is 11.8 Å². The van der Waals surface area contributed by atoms with Crippen LogP contribution in [0.1, 0.15) is 24.3 Å². The topological polar surface area (TPSA) is 12.0 Å². The zero-order valence-electron chi connectivity index (χ0n) is 8.45. The lowest BCUT2D eigenvalue weighted by molar-refractivity contribution is 0.565. The van der Waals surface area contributed by atoms with Gasteiger partial charge >= 0.3 is 0 Å². The first kappa shape index (κ1) is 8.49. The Bertz CT molecular complexity index is 306. The monoisotopic (exact) mass is 187 g/mol. The first-order valence-electron chi connectivity index (χ1n) is 5.71. The van der Waals surface area contributed by atoms with Gasteiger partial charge in [-0.15, -0.1) is 0 Å². The molecule has 1 heterocycles. The molecule has 3 unspecified atom stereocenters. The Morgan fingerprint density at radius 3 is 2.86 bits per heavy atom. The van der Waals surface area contributed by atoms with Crippen molar-refractivity contribution in [3.63, 3.8) is 0 Å². The van der Waals surface area contributed by atoms with Gasteiger partial charge in [-0.05, 0) is 42.7 Å². The molecule has 1 nitrogen and oxygen atoms in total. The average molecular weight is 187 g/mol. The highest BCUT2D eigenvalue weighted by Crippen LogP contribution is 2.51. The van der Waals surface area contributed by atoms with Crippen LogP contribution in [0.4, 0.5) is 0 Å². The molecule has 1 aromatic rings. The summed E-state index contributed by atoms with van der Waals surface area (Å²) >= 11 is 0. The minimum absolute atomic E-state index is 0.781. The number of nitrogens with one attached hydrogen (secondary N) is 1. The summed E-state index contributed by atoms with van der Waals surface area (Å²) in [5.74, 6) is 2.78. The van der Waals surface area contributed by atoms with Crippen molar-refractivity contribution in [1.82, 2.24) is 5.32 Å². The molecule has 3 rings (SSSR count). The highest BCUT2D eigenvalue weighted by atomic mass is 14.9. The molecule has 1 aromatic carbocycles. The molecule has 74 valence electrons. The van der Waals surface area contributed by atoms with E-state index in [0.29, 0.717) is 0 Å². The molecule has 1 aliphatic heterocycles.